The quantitative estimate of drug-likeness (QED) is 0.290. The molecule has 19 heteroatoms. The summed E-state index contributed by atoms with van der Waals surface area (Å²) < 4.78 is 65.5. The standard InChI is InChI=1S/C20H25ClN2O6S.C18H23ClN2O5S/c1-20(2,3)29-19(26)23-10-16-15(11-24)17(25)8-13(22-16)9-18(23)30(27,28)14-6-4-12(21)5-7-14;1-18(2,3)26-17(23)20-10-13-8-15(22)9-14(11-20)21(13)27(24,25)16-6-4-12(19)5-7-16/h4-7,11,13,16,18,22,24H,8-10H2,1-3H3;4-7,13-14H,8-11H2,1-3H3/b15-11-;. The SMILES string of the molecule is CC(C)(C)OC(=O)N1CC2CC(=O)CC(C1)N2S(=O)(=O)c1ccc(Cl)cc1.CC(C)(C)OC(=O)N1CC2NC(CC(=O)/C2=C\O)CC1S(=O)(=O)c1ccc(Cl)cc1. The number of halogens is 2. The van der Waals surface area contributed by atoms with Gasteiger partial charge in [0.25, 0.3) is 0 Å². The molecule has 6 rings (SSSR count). The van der Waals surface area contributed by atoms with Crippen LogP contribution in [0.15, 0.2) is 70.2 Å². The van der Waals surface area contributed by atoms with Crippen molar-refractivity contribution in [2.75, 3.05) is 19.6 Å². The number of fused-ring (bicyclic) bond motifs is 4. The van der Waals surface area contributed by atoms with Crippen LogP contribution in [0.25, 0.3) is 0 Å². The lowest BCUT2D eigenvalue weighted by molar-refractivity contribution is -0.125. The van der Waals surface area contributed by atoms with Gasteiger partial charge in [-0.3, -0.25) is 14.5 Å². The third-order valence-electron chi connectivity index (χ3n) is 9.60. The summed E-state index contributed by atoms with van der Waals surface area (Å²) in [7, 11) is -7.80. The Hall–Kier alpha value is -3.74. The van der Waals surface area contributed by atoms with Crippen LogP contribution >= 0.6 is 23.2 Å². The minimum atomic E-state index is -4.00. The number of carbonyl (C=O) groups is 4. The highest BCUT2D eigenvalue weighted by atomic mass is 35.5. The highest BCUT2D eigenvalue weighted by Crippen LogP contribution is 2.35. The molecular formula is C38H48Cl2N4O11S2. The van der Waals surface area contributed by atoms with E-state index in [0.717, 1.165) is 11.2 Å². The van der Waals surface area contributed by atoms with Crippen molar-refractivity contribution in [1.82, 2.24) is 19.4 Å². The second-order valence-corrected chi connectivity index (χ2v) is 21.2. The molecule has 4 aliphatic heterocycles. The zero-order valence-corrected chi connectivity index (χ0v) is 35.6. The van der Waals surface area contributed by atoms with Crippen molar-refractivity contribution >= 4 is 66.8 Å². The van der Waals surface area contributed by atoms with Crippen LogP contribution in [-0.2, 0) is 38.9 Å². The number of piperazine rings is 1. The number of aliphatic hydroxyl groups is 1. The van der Waals surface area contributed by atoms with Gasteiger partial charge in [-0.15, -0.1) is 0 Å². The molecule has 2 aromatic rings. The van der Waals surface area contributed by atoms with Crippen molar-refractivity contribution in [3.05, 3.63) is 70.4 Å². The van der Waals surface area contributed by atoms with Gasteiger partial charge >= 0.3 is 12.2 Å². The van der Waals surface area contributed by atoms with Gasteiger partial charge < -0.3 is 24.8 Å². The van der Waals surface area contributed by atoms with E-state index in [0.29, 0.717) is 10.0 Å². The molecule has 0 saturated carbocycles. The molecule has 5 atom stereocenters. The summed E-state index contributed by atoms with van der Waals surface area (Å²) >= 11 is 11.7. The molecule has 2 aromatic carbocycles. The number of hydrogen-bond donors (Lipinski definition) is 2. The number of benzene rings is 2. The number of carbonyl (C=O) groups excluding carboxylic acids is 4. The van der Waals surface area contributed by atoms with Crippen LogP contribution in [0.3, 0.4) is 0 Å². The number of sulfonamides is 1. The van der Waals surface area contributed by atoms with E-state index in [1.807, 2.05) is 0 Å². The molecule has 4 saturated heterocycles. The highest BCUT2D eigenvalue weighted by molar-refractivity contribution is 7.92. The minimum Gasteiger partial charge on any atom is -0.515 e. The molecule has 4 bridgehead atoms. The normalized spacial score (nSPS) is 25.3. The number of nitrogens with zero attached hydrogens (tertiary/aromatic N) is 3. The van der Waals surface area contributed by atoms with Crippen molar-refractivity contribution in [3.8, 4) is 0 Å². The molecule has 0 radical (unpaired) electrons. The number of Topliss-reactive ketones (excluding diaryl/α,β-unsaturated/α-hetero) is 2. The Labute approximate surface area is 343 Å². The third-order valence-corrected chi connectivity index (χ3v) is 14.2. The topological polar surface area (TPSA) is 197 Å². The molecule has 57 heavy (non-hydrogen) atoms. The number of amides is 2. The zero-order chi connectivity index (χ0) is 42.2. The van der Waals surface area contributed by atoms with Crippen LogP contribution in [-0.4, -0.2) is 120 Å². The van der Waals surface area contributed by atoms with Gasteiger partial charge in [0, 0.05) is 60.6 Å². The molecule has 0 aliphatic carbocycles. The van der Waals surface area contributed by atoms with Crippen LogP contribution in [0.4, 0.5) is 9.59 Å². The van der Waals surface area contributed by atoms with Crippen molar-refractivity contribution < 1.29 is 50.6 Å². The van der Waals surface area contributed by atoms with E-state index in [1.54, 1.807) is 41.5 Å². The first-order valence-corrected chi connectivity index (χ1v) is 22.0. The number of ether oxygens (including phenoxy) is 2. The van der Waals surface area contributed by atoms with Crippen LogP contribution in [0.1, 0.15) is 67.2 Å². The molecule has 4 fully saturated rings. The Morgan fingerprint density at radius 3 is 1.75 bits per heavy atom. The Bertz CT molecular complexity index is 2100. The summed E-state index contributed by atoms with van der Waals surface area (Å²) in [6, 6.07) is 9.30. The van der Waals surface area contributed by atoms with Crippen LogP contribution in [0.2, 0.25) is 10.0 Å². The molecule has 0 aromatic heterocycles. The van der Waals surface area contributed by atoms with Gasteiger partial charge in [0.2, 0.25) is 10.0 Å². The number of rotatable bonds is 4. The number of aliphatic hydroxyl groups excluding tert-OH is 1. The maximum Gasteiger partial charge on any atom is 0.411 e. The smallest absolute Gasteiger partial charge is 0.411 e. The van der Waals surface area contributed by atoms with E-state index < -0.39 is 72.8 Å². The average Bonchev–Trinajstić information content (AvgIpc) is 3.24. The van der Waals surface area contributed by atoms with Crippen LogP contribution in [0.5, 0.6) is 0 Å². The summed E-state index contributed by atoms with van der Waals surface area (Å²) in [6.45, 7) is 10.5. The molecule has 0 spiro atoms. The second-order valence-electron chi connectivity index (χ2n) is 16.4. The number of piperidine rings is 2. The molecular weight excluding hydrogens is 823 g/mol. The number of hydrogen-bond acceptors (Lipinski definition) is 12. The third kappa shape index (κ3) is 10.5. The molecule has 2 amide bonds. The van der Waals surface area contributed by atoms with E-state index in [4.69, 9.17) is 32.7 Å². The molecule has 4 aliphatic rings. The fourth-order valence-corrected chi connectivity index (χ4v) is 11.1. The van der Waals surface area contributed by atoms with Gasteiger partial charge in [0.05, 0.1) is 34.2 Å². The van der Waals surface area contributed by atoms with Gasteiger partial charge in [-0.1, -0.05) is 23.2 Å². The van der Waals surface area contributed by atoms with E-state index in [9.17, 15) is 41.1 Å². The first-order chi connectivity index (χ1) is 26.4. The number of sulfone groups is 1. The van der Waals surface area contributed by atoms with E-state index in [-0.39, 0.29) is 72.2 Å². The molecule has 15 nitrogen and oxygen atoms in total. The number of ketones is 2. The van der Waals surface area contributed by atoms with Gasteiger partial charge in [-0.25, -0.2) is 26.4 Å². The first kappa shape index (κ1) is 44.4. The first-order valence-electron chi connectivity index (χ1n) is 18.3. The summed E-state index contributed by atoms with van der Waals surface area (Å²) in [5.41, 5.74) is -1.37. The van der Waals surface area contributed by atoms with E-state index in [2.05, 4.69) is 5.32 Å². The molecule has 312 valence electrons. The molecule has 5 unspecified atom stereocenters. The summed E-state index contributed by atoms with van der Waals surface area (Å²) in [5, 5.41) is 12.3. The van der Waals surface area contributed by atoms with Crippen LogP contribution < -0.4 is 5.32 Å². The maximum atomic E-state index is 13.5. The van der Waals surface area contributed by atoms with Crippen molar-refractivity contribution in [3.63, 3.8) is 0 Å². The highest BCUT2D eigenvalue weighted by Gasteiger charge is 2.49. The van der Waals surface area contributed by atoms with Gasteiger partial charge in [0.15, 0.2) is 15.6 Å². The number of likely N-dealkylation sites (tertiary alicyclic amines) is 1. The summed E-state index contributed by atoms with van der Waals surface area (Å²) in [4.78, 5) is 52.7. The lowest BCUT2D eigenvalue weighted by Gasteiger charge is -2.48. The molecule has 2 N–H and O–H groups in total. The largest absolute Gasteiger partial charge is 0.515 e. The fourth-order valence-electron chi connectivity index (χ4n) is 7.26. The lowest BCUT2D eigenvalue weighted by atomic mass is 9.92. The predicted octanol–water partition coefficient (Wildman–Crippen LogP) is 5.50. The monoisotopic (exact) mass is 870 g/mol. The lowest BCUT2D eigenvalue weighted by Crippen LogP contribution is -2.65. The van der Waals surface area contributed by atoms with Crippen molar-refractivity contribution in [2.45, 2.75) is 118 Å². The van der Waals surface area contributed by atoms with Gasteiger partial charge in [-0.2, -0.15) is 4.31 Å². The van der Waals surface area contributed by atoms with E-state index >= 15 is 0 Å². The van der Waals surface area contributed by atoms with Gasteiger partial charge in [0.1, 0.15) is 22.4 Å². The van der Waals surface area contributed by atoms with E-state index in [1.165, 1.54) is 57.7 Å². The summed E-state index contributed by atoms with van der Waals surface area (Å²) in [6.07, 6.45) is -0.370. The molecule has 4 heterocycles. The average molecular weight is 872 g/mol. The maximum absolute atomic E-state index is 13.5. The summed E-state index contributed by atoms with van der Waals surface area (Å²) in [5.74, 6) is -0.267. The Balaban J connectivity index is 0.000000219. The van der Waals surface area contributed by atoms with Crippen molar-refractivity contribution in [1.29, 1.82) is 0 Å². The van der Waals surface area contributed by atoms with Crippen molar-refractivity contribution in [2.24, 2.45) is 0 Å². The van der Waals surface area contributed by atoms with Crippen LogP contribution in [0, 0.1) is 0 Å². The van der Waals surface area contributed by atoms with Gasteiger partial charge in [-0.05, 0) is 96.5 Å². The minimum absolute atomic E-state index is 0.00511. The Morgan fingerprint density at radius 1 is 0.772 bits per heavy atom. The number of nitrogens with one attached hydrogen (secondary N) is 1. The Kier molecular flexibility index (Phi) is 13.1. The Morgan fingerprint density at radius 2 is 1.26 bits per heavy atom. The zero-order valence-electron chi connectivity index (χ0n) is 32.5. The second kappa shape index (κ2) is 16.9. The fraction of sp³-hybridized carbons (Fsp3) is 0.526. The predicted molar refractivity (Wildman–Crippen MR) is 211 cm³/mol.